The van der Waals surface area contributed by atoms with Crippen LogP contribution in [0.3, 0.4) is 0 Å². The maximum absolute atomic E-state index is 12.4. The molecule has 1 N–H and O–H groups in total. The molecule has 0 aliphatic heterocycles. The van der Waals surface area contributed by atoms with E-state index in [4.69, 9.17) is 0 Å². The van der Waals surface area contributed by atoms with Crippen molar-refractivity contribution in [3.05, 3.63) is 60.6 Å². The first-order chi connectivity index (χ1) is 12.7. The molecule has 4 rings (SSSR count). The number of hydrogen-bond donors (Lipinski definition) is 1. The van der Waals surface area contributed by atoms with E-state index in [0.717, 1.165) is 34.4 Å². The number of tetrazole rings is 1. The highest BCUT2D eigenvalue weighted by Gasteiger charge is 2.07. The standard InChI is InChI=1S/C18H17N7O/c1-2-24-17-10-15(6-5-14(17)11-20-24)21-18(26)9-13-3-7-16(8-4-13)25-12-19-22-23-25/h3-8,10-12H,2,9H2,1H3,(H,21,26). The Balaban J connectivity index is 1.45. The van der Waals surface area contributed by atoms with E-state index in [0.29, 0.717) is 6.42 Å². The monoisotopic (exact) mass is 347 g/mol. The summed E-state index contributed by atoms with van der Waals surface area (Å²) in [5.41, 5.74) is 3.54. The average molecular weight is 347 g/mol. The second-order valence-corrected chi connectivity index (χ2v) is 5.88. The molecule has 0 spiro atoms. The van der Waals surface area contributed by atoms with Crippen LogP contribution in [-0.4, -0.2) is 35.9 Å². The van der Waals surface area contributed by atoms with Crippen LogP contribution in [0.15, 0.2) is 55.0 Å². The Hall–Kier alpha value is -3.55. The molecular weight excluding hydrogens is 330 g/mol. The first-order valence-electron chi connectivity index (χ1n) is 8.30. The molecule has 0 atom stereocenters. The summed E-state index contributed by atoms with van der Waals surface area (Å²) in [6.07, 6.45) is 3.65. The van der Waals surface area contributed by atoms with Crippen LogP contribution >= 0.6 is 0 Å². The molecule has 0 unspecified atom stereocenters. The predicted octanol–water partition coefficient (Wildman–Crippen LogP) is 2.21. The molecule has 0 aliphatic rings. The minimum Gasteiger partial charge on any atom is -0.326 e. The molecule has 130 valence electrons. The third-order valence-corrected chi connectivity index (χ3v) is 4.14. The molecule has 0 bridgehead atoms. The maximum atomic E-state index is 12.4. The van der Waals surface area contributed by atoms with Crippen LogP contribution in [0.25, 0.3) is 16.6 Å². The minimum absolute atomic E-state index is 0.0675. The fourth-order valence-corrected chi connectivity index (χ4v) is 2.84. The Morgan fingerprint density at radius 3 is 2.73 bits per heavy atom. The molecule has 26 heavy (non-hydrogen) atoms. The van der Waals surface area contributed by atoms with E-state index in [-0.39, 0.29) is 5.91 Å². The van der Waals surface area contributed by atoms with Crippen molar-refractivity contribution in [2.45, 2.75) is 19.9 Å². The molecule has 4 aromatic rings. The number of rotatable bonds is 5. The van der Waals surface area contributed by atoms with Crippen LogP contribution < -0.4 is 5.32 Å². The van der Waals surface area contributed by atoms with Crippen molar-refractivity contribution in [2.24, 2.45) is 0 Å². The van der Waals surface area contributed by atoms with Gasteiger partial charge in [-0.25, -0.2) is 4.68 Å². The van der Waals surface area contributed by atoms with Crippen LogP contribution in [0.5, 0.6) is 0 Å². The van der Waals surface area contributed by atoms with E-state index >= 15 is 0 Å². The molecule has 0 aliphatic carbocycles. The molecule has 2 aromatic heterocycles. The number of aromatic nitrogens is 6. The average Bonchev–Trinajstić information content (AvgIpc) is 3.31. The van der Waals surface area contributed by atoms with Gasteiger partial charge in [0.2, 0.25) is 5.91 Å². The summed E-state index contributed by atoms with van der Waals surface area (Å²) < 4.78 is 3.47. The van der Waals surface area contributed by atoms with Crippen molar-refractivity contribution in [3.63, 3.8) is 0 Å². The number of carbonyl (C=O) groups excluding carboxylic acids is 1. The number of anilines is 1. The Bertz CT molecular complexity index is 1040. The van der Waals surface area contributed by atoms with Crippen LogP contribution in [-0.2, 0) is 17.8 Å². The van der Waals surface area contributed by atoms with E-state index in [1.54, 1.807) is 4.68 Å². The number of benzene rings is 2. The van der Waals surface area contributed by atoms with Crippen LogP contribution in [0.2, 0.25) is 0 Å². The van der Waals surface area contributed by atoms with Gasteiger partial charge in [0.1, 0.15) is 6.33 Å². The van der Waals surface area contributed by atoms with Gasteiger partial charge < -0.3 is 5.32 Å². The normalized spacial score (nSPS) is 11.0. The van der Waals surface area contributed by atoms with Gasteiger partial charge in [0.25, 0.3) is 0 Å². The van der Waals surface area contributed by atoms with Gasteiger partial charge in [0.15, 0.2) is 0 Å². The molecule has 2 heterocycles. The number of nitrogens with zero attached hydrogens (tertiary/aromatic N) is 6. The smallest absolute Gasteiger partial charge is 0.228 e. The molecule has 8 nitrogen and oxygen atoms in total. The topological polar surface area (TPSA) is 90.5 Å². The SMILES string of the molecule is CCn1ncc2ccc(NC(=O)Cc3ccc(-n4cnnn4)cc3)cc21. The summed E-state index contributed by atoms with van der Waals surface area (Å²) in [5, 5.41) is 19.4. The second-order valence-electron chi connectivity index (χ2n) is 5.88. The molecule has 0 saturated carbocycles. The van der Waals surface area contributed by atoms with Crippen molar-refractivity contribution in [1.29, 1.82) is 0 Å². The van der Waals surface area contributed by atoms with Crippen molar-refractivity contribution in [3.8, 4) is 5.69 Å². The minimum atomic E-state index is -0.0675. The molecule has 1 amide bonds. The third kappa shape index (κ3) is 3.16. The molecule has 0 fully saturated rings. The zero-order chi connectivity index (χ0) is 17.9. The predicted molar refractivity (Wildman–Crippen MR) is 96.9 cm³/mol. The third-order valence-electron chi connectivity index (χ3n) is 4.14. The van der Waals surface area contributed by atoms with E-state index in [9.17, 15) is 4.79 Å². The number of fused-ring (bicyclic) bond motifs is 1. The van der Waals surface area contributed by atoms with Crippen LogP contribution in [0, 0.1) is 0 Å². The van der Waals surface area contributed by atoms with Crippen molar-refractivity contribution in [2.75, 3.05) is 5.32 Å². The van der Waals surface area contributed by atoms with E-state index in [2.05, 4.69) is 25.9 Å². The van der Waals surface area contributed by atoms with Gasteiger partial charge in [-0.2, -0.15) is 5.10 Å². The first kappa shape index (κ1) is 15.9. The Morgan fingerprint density at radius 1 is 1.15 bits per heavy atom. The summed E-state index contributed by atoms with van der Waals surface area (Å²) in [7, 11) is 0. The van der Waals surface area contributed by atoms with E-state index in [1.165, 1.54) is 6.33 Å². The highest BCUT2D eigenvalue weighted by molar-refractivity contribution is 5.94. The van der Waals surface area contributed by atoms with Gasteiger partial charge in [-0.05, 0) is 53.2 Å². The molecule has 8 heteroatoms. The lowest BCUT2D eigenvalue weighted by Crippen LogP contribution is -2.14. The quantitative estimate of drug-likeness (QED) is 0.598. The van der Waals surface area contributed by atoms with Crippen molar-refractivity contribution in [1.82, 2.24) is 30.0 Å². The number of nitrogens with one attached hydrogen (secondary N) is 1. The van der Waals surface area contributed by atoms with Crippen LogP contribution in [0.4, 0.5) is 5.69 Å². The lowest BCUT2D eigenvalue weighted by atomic mass is 10.1. The van der Waals surface area contributed by atoms with Gasteiger partial charge in [0.05, 0.1) is 23.8 Å². The fraction of sp³-hybridized carbons (Fsp3) is 0.167. The Morgan fingerprint density at radius 2 is 2.00 bits per heavy atom. The molecule has 0 radical (unpaired) electrons. The highest BCUT2D eigenvalue weighted by Crippen LogP contribution is 2.19. The lowest BCUT2D eigenvalue weighted by Gasteiger charge is -2.07. The maximum Gasteiger partial charge on any atom is 0.228 e. The van der Waals surface area contributed by atoms with Gasteiger partial charge in [-0.1, -0.05) is 12.1 Å². The molecule has 0 saturated heterocycles. The van der Waals surface area contributed by atoms with Crippen molar-refractivity contribution < 1.29 is 4.79 Å². The summed E-state index contributed by atoms with van der Waals surface area (Å²) >= 11 is 0. The summed E-state index contributed by atoms with van der Waals surface area (Å²) in [5.74, 6) is -0.0675. The van der Waals surface area contributed by atoms with E-state index in [1.807, 2.05) is 60.3 Å². The lowest BCUT2D eigenvalue weighted by molar-refractivity contribution is -0.115. The zero-order valence-electron chi connectivity index (χ0n) is 14.2. The zero-order valence-corrected chi connectivity index (χ0v) is 14.2. The second kappa shape index (κ2) is 6.75. The van der Waals surface area contributed by atoms with Crippen LogP contribution in [0.1, 0.15) is 12.5 Å². The molecule has 2 aromatic carbocycles. The van der Waals surface area contributed by atoms with Crippen molar-refractivity contribution >= 4 is 22.5 Å². The fourth-order valence-electron chi connectivity index (χ4n) is 2.84. The van der Waals surface area contributed by atoms with Gasteiger partial charge in [-0.3, -0.25) is 9.48 Å². The first-order valence-corrected chi connectivity index (χ1v) is 8.30. The molecular formula is C18H17N7O. The number of amides is 1. The number of carbonyl (C=O) groups is 1. The van der Waals surface area contributed by atoms with Gasteiger partial charge in [0, 0.05) is 17.6 Å². The van der Waals surface area contributed by atoms with Gasteiger partial charge >= 0.3 is 0 Å². The van der Waals surface area contributed by atoms with Gasteiger partial charge in [-0.15, -0.1) is 5.10 Å². The summed E-state index contributed by atoms with van der Waals surface area (Å²) in [6, 6.07) is 13.4. The number of hydrogen-bond acceptors (Lipinski definition) is 5. The largest absolute Gasteiger partial charge is 0.326 e. The highest BCUT2D eigenvalue weighted by atomic mass is 16.1. The Kier molecular flexibility index (Phi) is 4.14. The Labute approximate surface area is 149 Å². The number of aryl methyl sites for hydroxylation is 1. The summed E-state index contributed by atoms with van der Waals surface area (Å²) in [6.45, 7) is 2.82. The van der Waals surface area contributed by atoms with E-state index < -0.39 is 0 Å². The summed E-state index contributed by atoms with van der Waals surface area (Å²) in [4.78, 5) is 12.4.